The van der Waals surface area contributed by atoms with E-state index in [0.29, 0.717) is 5.57 Å². The van der Waals surface area contributed by atoms with Crippen LogP contribution in [0.15, 0.2) is 107 Å². The summed E-state index contributed by atoms with van der Waals surface area (Å²) in [7, 11) is -1.43. The minimum atomic E-state index is -4.80. The second-order valence-corrected chi connectivity index (χ2v) is 14.0. The summed E-state index contributed by atoms with van der Waals surface area (Å²) >= 11 is 0. The molecule has 0 saturated heterocycles. The van der Waals surface area contributed by atoms with Crippen LogP contribution in [0.2, 0.25) is 0 Å². The largest absolute Gasteiger partial charge is 0.454 e. The molecule has 13 heteroatoms. The van der Waals surface area contributed by atoms with E-state index in [1.807, 2.05) is 64.2 Å². The number of carbonyl (C=O) groups excluding carboxylic acids is 3. The van der Waals surface area contributed by atoms with Gasteiger partial charge >= 0.3 is 16.4 Å². The molecular weight excluding hydrogens is 701 g/mol. The van der Waals surface area contributed by atoms with E-state index in [4.69, 9.17) is 18.8 Å². The highest BCUT2D eigenvalue weighted by atomic mass is 32.3. The van der Waals surface area contributed by atoms with Crippen LogP contribution in [0.25, 0.3) is 0 Å². The van der Waals surface area contributed by atoms with Crippen molar-refractivity contribution in [2.75, 3.05) is 27.4 Å². The van der Waals surface area contributed by atoms with Gasteiger partial charge in [0.15, 0.2) is 0 Å². The second-order valence-electron chi connectivity index (χ2n) is 12.9. The number of rotatable bonds is 12. The molecule has 0 aromatic rings. The molecule has 0 aromatic heterocycles. The Kier molecular flexibility index (Phi) is 22.8. The number of methoxy groups -OCH3 is 2. The molecule has 2 amide bonds. The molecule has 0 aliphatic carbocycles. The van der Waals surface area contributed by atoms with E-state index in [1.54, 1.807) is 39.4 Å². The number of cyclic esters (lactones) is 1. The Morgan fingerprint density at radius 3 is 2.34 bits per heavy atom. The summed E-state index contributed by atoms with van der Waals surface area (Å²) < 4.78 is 52.1. The maximum absolute atomic E-state index is 13.1. The van der Waals surface area contributed by atoms with Gasteiger partial charge in [-0.2, -0.15) is 8.42 Å². The number of nitrogens with one attached hydrogen (secondary N) is 2. The van der Waals surface area contributed by atoms with Crippen LogP contribution in [-0.2, 0) is 43.2 Å². The predicted octanol–water partition coefficient (Wildman–Crippen LogP) is 6.00. The minimum absolute atomic E-state index is 0.0434. The van der Waals surface area contributed by atoms with Gasteiger partial charge in [0.1, 0.15) is 12.1 Å². The van der Waals surface area contributed by atoms with E-state index in [-0.39, 0.29) is 37.0 Å². The van der Waals surface area contributed by atoms with Crippen molar-refractivity contribution >= 4 is 28.7 Å². The smallest absolute Gasteiger partial charge is 0.397 e. The van der Waals surface area contributed by atoms with E-state index in [1.165, 1.54) is 11.6 Å². The number of hydrogen-bond acceptors (Lipinski definition) is 9. The Labute approximate surface area is 316 Å². The van der Waals surface area contributed by atoms with Gasteiger partial charge in [-0.05, 0) is 58.4 Å². The number of allylic oxidation sites excluding steroid dienone is 11. The molecule has 53 heavy (non-hydrogen) atoms. The van der Waals surface area contributed by atoms with Gasteiger partial charge in [-0.1, -0.05) is 110 Å². The van der Waals surface area contributed by atoms with Gasteiger partial charge in [-0.25, -0.2) is 8.98 Å². The molecule has 1 heterocycles. The Hall–Kier alpha value is -4.14. The third kappa shape index (κ3) is 21.9. The van der Waals surface area contributed by atoms with Crippen LogP contribution in [0.4, 0.5) is 0 Å². The molecular formula is C40H58N2O10S. The SMILES string of the molecule is COC1/C=C(C)/C=C/C(C)/C=C/C(=O)OC(/C(C)=C/C=C(\C)CNC(=O)[C@H](COS(=O)(=O)O)NC=O)C(C)/C=C/C=C/C(OC)CC/C=C(C)/C=C/C1. The van der Waals surface area contributed by atoms with Crippen molar-refractivity contribution in [3.8, 4) is 0 Å². The molecule has 0 spiro atoms. The van der Waals surface area contributed by atoms with Gasteiger partial charge in [0.25, 0.3) is 0 Å². The van der Waals surface area contributed by atoms with Crippen molar-refractivity contribution in [1.82, 2.24) is 10.6 Å². The number of esters is 1. The maximum atomic E-state index is 13.1. The van der Waals surface area contributed by atoms with Crippen LogP contribution in [0.5, 0.6) is 0 Å². The minimum Gasteiger partial charge on any atom is -0.454 e. The Bertz CT molecular complexity index is 1570. The molecule has 5 unspecified atom stereocenters. The lowest BCUT2D eigenvalue weighted by atomic mass is 9.96. The fourth-order valence-corrected chi connectivity index (χ4v) is 5.23. The predicted molar refractivity (Wildman–Crippen MR) is 208 cm³/mol. The maximum Gasteiger partial charge on any atom is 0.397 e. The van der Waals surface area contributed by atoms with E-state index in [0.717, 1.165) is 30.4 Å². The summed E-state index contributed by atoms with van der Waals surface area (Å²) in [6.07, 6.45) is 28.9. The first-order valence-corrected chi connectivity index (χ1v) is 18.9. The highest BCUT2D eigenvalue weighted by Crippen LogP contribution is 2.20. The van der Waals surface area contributed by atoms with Crippen LogP contribution in [0.1, 0.15) is 60.8 Å². The van der Waals surface area contributed by atoms with Crippen LogP contribution < -0.4 is 10.6 Å². The first-order chi connectivity index (χ1) is 25.1. The van der Waals surface area contributed by atoms with E-state index in [9.17, 15) is 22.8 Å². The van der Waals surface area contributed by atoms with Crippen molar-refractivity contribution in [2.45, 2.75) is 85.2 Å². The lowest BCUT2D eigenvalue weighted by molar-refractivity contribution is -0.142. The molecule has 1 rings (SSSR count). The van der Waals surface area contributed by atoms with Gasteiger partial charge in [0.05, 0.1) is 18.8 Å². The molecule has 12 nitrogen and oxygen atoms in total. The lowest BCUT2D eigenvalue weighted by Gasteiger charge is -2.22. The first kappa shape index (κ1) is 46.9. The molecule has 0 aromatic carbocycles. The molecule has 294 valence electrons. The third-order valence-electron chi connectivity index (χ3n) is 8.08. The van der Waals surface area contributed by atoms with Crippen molar-refractivity contribution < 1.29 is 45.7 Å². The highest BCUT2D eigenvalue weighted by molar-refractivity contribution is 7.80. The summed E-state index contributed by atoms with van der Waals surface area (Å²) in [6, 6.07) is -1.35. The monoisotopic (exact) mass is 758 g/mol. The molecule has 0 radical (unpaired) electrons. The zero-order valence-corrected chi connectivity index (χ0v) is 33.0. The molecule has 0 saturated carbocycles. The summed E-state index contributed by atoms with van der Waals surface area (Å²) in [5.41, 5.74) is 3.66. The Morgan fingerprint density at radius 1 is 1.00 bits per heavy atom. The van der Waals surface area contributed by atoms with Crippen molar-refractivity contribution in [1.29, 1.82) is 0 Å². The molecule has 1 aliphatic rings. The van der Waals surface area contributed by atoms with Crippen LogP contribution >= 0.6 is 0 Å². The summed E-state index contributed by atoms with van der Waals surface area (Å²) in [5, 5.41) is 4.73. The number of hydrogen-bond donors (Lipinski definition) is 3. The second kappa shape index (κ2) is 25.8. The van der Waals surface area contributed by atoms with Crippen LogP contribution in [0, 0.1) is 11.8 Å². The Morgan fingerprint density at radius 2 is 1.68 bits per heavy atom. The molecule has 6 atom stereocenters. The third-order valence-corrected chi connectivity index (χ3v) is 8.52. The fraction of sp³-hybridized carbons (Fsp3) is 0.475. The van der Waals surface area contributed by atoms with Gasteiger partial charge < -0.3 is 24.8 Å². The highest BCUT2D eigenvalue weighted by Gasteiger charge is 2.22. The van der Waals surface area contributed by atoms with Crippen molar-refractivity contribution in [3.63, 3.8) is 0 Å². The zero-order valence-electron chi connectivity index (χ0n) is 32.2. The van der Waals surface area contributed by atoms with E-state index in [2.05, 4.69) is 46.0 Å². The van der Waals surface area contributed by atoms with Crippen LogP contribution in [0.3, 0.4) is 0 Å². The molecule has 1 aliphatic heterocycles. The first-order valence-electron chi connectivity index (χ1n) is 17.5. The van der Waals surface area contributed by atoms with E-state index >= 15 is 0 Å². The quantitative estimate of drug-likeness (QED) is 0.0930. The van der Waals surface area contributed by atoms with Gasteiger partial charge in [0, 0.05) is 32.8 Å². The standard InChI is InChI=1S/C40H58N2O10S/c1-29-13-11-17-35(49-7)16-10-9-15-33(5)39(52-38(44)24-22-30(2)19-20-31(3)25-36(50-8)18-12-14-29)34(6)23-21-32(4)26-41-40(45)37(42-28-43)27-51-53(46,47)48/h9-10,12-16,19-25,28,30,33,35-37,39H,11,17-18,26-27H2,1-8H3,(H,41,45)(H,42,43)(H,46,47,48)/b14-12+,15-9+,16-10+,20-19+,24-22+,29-13+,31-25+,32-21+,34-23+/t30?,33?,35?,36?,37-,39?/m0/s1. The van der Waals surface area contributed by atoms with Crippen molar-refractivity contribution in [2.24, 2.45) is 11.8 Å². The summed E-state index contributed by atoms with van der Waals surface area (Å²) in [6.45, 7) is 10.9. The van der Waals surface area contributed by atoms with Gasteiger partial charge in [-0.3, -0.25) is 14.1 Å². The Balaban J connectivity index is 3.30. The normalized spacial score (nSPS) is 29.0. The number of amides is 2. The molecule has 0 bridgehead atoms. The van der Waals surface area contributed by atoms with Crippen molar-refractivity contribution in [3.05, 3.63) is 107 Å². The van der Waals surface area contributed by atoms with Gasteiger partial charge in [0.2, 0.25) is 12.3 Å². The fourth-order valence-electron chi connectivity index (χ4n) is 4.92. The number of carbonyl (C=O) groups is 3. The van der Waals surface area contributed by atoms with Crippen LogP contribution in [-0.4, -0.2) is 83.0 Å². The number of ether oxygens (including phenoxy) is 3. The molecule has 3 N–H and O–H groups in total. The lowest BCUT2D eigenvalue weighted by Crippen LogP contribution is -2.47. The average Bonchev–Trinajstić information content (AvgIpc) is 3.11. The summed E-state index contributed by atoms with van der Waals surface area (Å²) in [5.74, 6) is -1.48. The molecule has 0 fully saturated rings. The zero-order chi connectivity index (χ0) is 39.8. The average molecular weight is 759 g/mol. The van der Waals surface area contributed by atoms with E-state index < -0.39 is 41.0 Å². The topological polar surface area (TPSA) is 167 Å². The van der Waals surface area contributed by atoms with Gasteiger partial charge in [-0.15, -0.1) is 0 Å². The summed E-state index contributed by atoms with van der Waals surface area (Å²) in [4.78, 5) is 36.5.